The van der Waals surface area contributed by atoms with Crippen molar-refractivity contribution in [1.82, 2.24) is 15.1 Å². The first-order chi connectivity index (χ1) is 10.8. The normalized spacial score (nSPS) is 26.0. The molecule has 1 amide bonds. The Morgan fingerprint density at radius 2 is 2.00 bits per heavy atom. The molecule has 2 aliphatic heterocycles. The number of rotatable bonds is 5. The van der Waals surface area contributed by atoms with Gasteiger partial charge in [-0.3, -0.25) is 14.6 Å². The molecule has 1 N–H and O–H groups in total. The van der Waals surface area contributed by atoms with Crippen molar-refractivity contribution in [1.29, 1.82) is 0 Å². The number of carbonyl (C=O) groups is 1. The highest BCUT2D eigenvalue weighted by Crippen LogP contribution is 2.20. The van der Waals surface area contributed by atoms with Crippen LogP contribution in [0.4, 0.5) is 13.2 Å². The number of hydrogen-bond donors (Lipinski definition) is 1. The Morgan fingerprint density at radius 3 is 2.65 bits per heavy atom. The van der Waals surface area contributed by atoms with E-state index >= 15 is 0 Å². The Morgan fingerprint density at radius 1 is 1.30 bits per heavy atom. The van der Waals surface area contributed by atoms with Crippen LogP contribution in [0.5, 0.6) is 0 Å². The van der Waals surface area contributed by atoms with Gasteiger partial charge in [-0.25, -0.2) is 0 Å². The van der Waals surface area contributed by atoms with E-state index in [-0.39, 0.29) is 12.0 Å². The standard InChI is InChI=1S/C15H26F3N3O2/c1-12(9-20-5-7-23-8-6-20)21-4-2-3-13(10-21)14(22)19-11-15(16,17)18/h12-13H,2-11H2,1H3,(H,19,22)/t12-,13+/m0/s1. The highest BCUT2D eigenvalue weighted by Gasteiger charge is 2.32. The molecule has 23 heavy (non-hydrogen) atoms. The molecule has 2 heterocycles. The summed E-state index contributed by atoms with van der Waals surface area (Å²) in [7, 11) is 0. The largest absolute Gasteiger partial charge is 0.405 e. The summed E-state index contributed by atoms with van der Waals surface area (Å²) < 4.78 is 42.0. The van der Waals surface area contributed by atoms with E-state index in [1.165, 1.54) is 0 Å². The molecule has 0 bridgehead atoms. The fraction of sp³-hybridized carbons (Fsp3) is 0.933. The summed E-state index contributed by atoms with van der Waals surface area (Å²) in [5.41, 5.74) is 0. The lowest BCUT2D eigenvalue weighted by molar-refractivity contribution is -0.142. The van der Waals surface area contributed by atoms with E-state index in [0.717, 1.165) is 45.8 Å². The molecule has 0 aromatic carbocycles. The summed E-state index contributed by atoms with van der Waals surface area (Å²) in [5, 5.41) is 2.02. The molecule has 0 aromatic heterocycles. The third-order valence-electron chi connectivity index (χ3n) is 4.54. The average molecular weight is 337 g/mol. The molecule has 5 nitrogen and oxygen atoms in total. The van der Waals surface area contributed by atoms with E-state index in [9.17, 15) is 18.0 Å². The van der Waals surface area contributed by atoms with Crippen molar-refractivity contribution in [2.24, 2.45) is 5.92 Å². The maximum Gasteiger partial charge on any atom is 0.405 e. The maximum absolute atomic E-state index is 12.2. The number of morpholine rings is 1. The molecule has 0 spiro atoms. The first-order valence-electron chi connectivity index (χ1n) is 8.24. The first kappa shape index (κ1) is 18.5. The smallest absolute Gasteiger partial charge is 0.379 e. The summed E-state index contributed by atoms with van der Waals surface area (Å²) in [4.78, 5) is 16.5. The maximum atomic E-state index is 12.2. The van der Waals surface area contributed by atoms with Gasteiger partial charge in [-0.05, 0) is 26.3 Å². The van der Waals surface area contributed by atoms with Crippen molar-refractivity contribution in [2.75, 3.05) is 52.5 Å². The van der Waals surface area contributed by atoms with Crippen molar-refractivity contribution >= 4 is 5.91 Å². The summed E-state index contributed by atoms with van der Waals surface area (Å²) in [6.07, 6.45) is -2.85. The van der Waals surface area contributed by atoms with Gasteiger partial charge in [-0.2, -0.15) is 13.2 Å². The number of carbonyl (C=O) groups excluding carboxylic acids is 1. The van der Waals surface area contributed by atoms with Gasteiger partial charge in [-0.1, -0.05) is 0 Å². The van der Waals surface area contributed by atoms with Crippen molar-refractivity contribution in [2.45, 2.75) is 32.0 Å². The van der Waals surface area contributed by atoms with Crippen LogP contribution >= 0.6 is 0 Å². The summed E-state index contributed by atoms with van der Waals surface area (Å²) in [6.45, 7) is 6.52. The van der Waals surface area contributed by atoms with E-state index in [2.05, 4.69) is 16.7 Å². The number of hydrogen-bond acceptors (Lipinski definition) is 4. The van der Waals surface area contributed by atoms with Crippen LogP contribution in [0, 0.1) is 5.92 Å². The molecule has 2 aliphatic rings. The van der Waals surface area contributed by atoms with E-state index in [0.29, 0.717) is 13.0 Å². The second-order valence-electron chi connectivity index (χ2n) is 6.43. The number of likely N-dealkylation sites (tertiary alicyclic amines) is 1. The number of piperidine rings is 1. The molecule has 8 heteroatoms. The van der Waals surface area contributed by atoms with E-state index < -0.39 is 18.6 Å². The molecular formula is C15H26F3N3O2. The molecule has 2 fully saturated rings. The first-order valence-corrected chi connectivity index (χ1v) is 8.24. The van der Waals surface area contributed by atoms with Gasteiger partial charge in [0, 0.05) is 32.2 Å². The number of nitrogens with one attached hydrogen (secondary N) is 1. The Balaban J connectivity index is 1.78. The fourth-order valence-electron chi connectivity index (χ4n) is 3.23. The van der Waals surface area contributed by atoms with Gasteiger partial charge in [0.2, 0.25) is 5.91 Å². The van der Waals surface area contributed by atoms with Crippen molar-refractivity contribution in [3.05, 3.63) is 0 Å². The predicted molar refractivity (Wildman–Crippen MR) is 80.1 cm³/mol. The molecule has 134 valence electrons. The zero-order valence-corrected chi connectivity index (χ0v) is 13.6. The van der Waals surface area contributed by atoms with Gasteiger partial charge in [0.25, 0.3) is 0 Å². The van der Waals surface area contributed by atoms with Crippen molar-refractivity contribution in [3.63, 3.8) is 0 Å². The Labute approximate surface area is 135 Å². The lowest BCUT2D eigenvalue weighted by Crippen LogP contribution is -2.51. The molecule has 0 aromatic rings. The number of alkyl halides is 3. The minimum Gasteiger partial charge on any atom is -0.379 e. The minimum absolute atomic E-state index is 0.284. The molecule has 2 saturated heterocycles. The SMILES string of the molecule is C[C@@H](CN1CCOCC1)N1CCC[C@@H](C(=O)NCC(F)(F)F)C1. The van der Waals surface area contributed by atoms with Crippen LogP contribution in [0.1, 0.15) is 19.8 Å². The second kappa shape index (κ2) is 8.30. The van der Waals surface area contributed by atoms with E-state index in [1.807, 2.05) is 5.32 Å². The van der Waals surface area contributed by atoms with Crippen molar-refractivity contribution < 1.29 is 22.7 Å². The quantitative estimate of drug-likeness (QED) is 0.816. The van der Waals surface area contributed by atoms with Crippen LogP contribution in [-0.4, -0.2) is 80.4 Å². The van der Waals surface area contributed by atoms with Crippen LogP contribution < -0.4 is 5.32 Å². The molecule has 2 atom stereocenters. The van der Waals surface area contributed by atoms with Crippen LogP contribution in [0.25, 0.3) is 0 Å². The lowest BCUT2D eigenvalue weighted by atomic mass is 9.96. The molecule has 0 saturated carbocycles. The van der Waals surface area contributed by atoms with Gasteiger partial charge < -0.3 is 10.1 Å². The number of nitrogens with zero attached hydrogens (tertiary/aromatic N) is 2. The minimum atomic E-state index is -4.35. The molecule has 0 aliphatic carbocycles. The summed E-state index contributed by atoms with van der Waals surface area (Å²) in [5.74, 6) is -0.830. The Bertz CT molecular complexity index is 387. The van der Waals surface area contributed by atoms with Crippen LogP contribution in [0.2, 0.25) is 0 Å². The highest BCUT2D eigenvalue weighted by atomic mass is 19.4. The lowest BCUT2D eigenvalue weighted by Gasteiger charge is -2.39. The topological polar surface area (TPSA) is 44.8 Å². The fourth-order valence-corrected chi connectivity index (χ4v) is 3.23. The third kappa shape index (κ3) is 6.27. The van der Waals surface area contributed by atoms with Crippen LogP contribution in [-0.2, 0) is 9.53 Å². The third-order valence-corrected chi connectivity index (χ3v) is 4.54. The summed E-state index contributed by atoms with van der Waals surface area (Å²) in [6, 6.07) is 0.284. The van der Waals surface area contributed by atoms with Gasteiger partial charge in [0.15, 0.2) is 0 Å². The number of amides is 1. The Kier molecular flexibility index (Phi) is 6.67. The zero-order valence-electron chi connectivity index (χ0n) is 13.6. The van der Waals surface area contributed by atoms with Crippen molar-refractivity contribution in [3.8, 4) is 0 Å². The van der Waals surface area contributed by atoms with Gasteiger partial charge in [-0.15, -0.1) is 0 Å². The molecule has 0 radical (unpaired) electrons. The molecule has 0 unspecified atom stereocenters. The van der Waals surface area contributed by atoms with Crippen LogP contribution in [0.3, 0.4) is 0 Å². The predicted octanol–water partition coefficient (Wildman–Crippen LogP) is 1.10. The summed E-state index contributed by atoms with van der Waals surface area (Å²) >= 11 is 0. The van der Waals surface area contributed by atoms with E-state index in [4.69, 9.17) is 4.74 Å². The van der Waals surface area contributed by atoms with Crippen LogP contribution in [0.15, 0.2) is 0 Å². The van der Waals surface area contributed by atoms with Gasteiger partial charge >= 0.3 is 6.18 Å². The Hall–Kier alpha value is -0.860. The highest BCUT2D eigenvalue weighted by molar-refractivity contribution is 5.79. The monoisotopic (exact) mass is 337 g/mol. The second-order valence-corrected chi connectivity index (χ2v) is 6.43. The van der Waals surface area contributed by atoms with Gasteiger partial charge in [0.05, 0.1) is 19.1 Å². The number of ether oxygens (including phenoxy) is 1. The molecular weight excluding hydrogens is 311 g/mol. The molecule has 2 rings (SSSR count). The zero-order chi connectivity index (χ0) is 16.9. The average Bonchev–Trinajstić information content (AvgIpc) is 2.53. The van der Waals surface area contributed by atoms with E-state index in [1.54, 1.807) is 0 Å². The number of halogens is 3. The van der Waals surface area contributed by atoms with Gasteiger partial charge in [0.1, 0.15) is 6.54 Å².